The number of aryl methyl sites for hydroxylation is 1. The zero-order valence-corrected chi connectivity index (χ0v) is 19.2. The number of nitrogens with zero attached hydrogens (tertiary/aromatic N) is 1. The summed E-state index contributed by atoms with van der Waals surface area (Å²) in [5.41, 5.74) is 0.446. The van der Waals surface area contributed by atoms with Crippen LogP contribution in [-0.4, -0.2) is 45.8 Å². The number of aliphatic hydroxyl groups excluding tert-OH is 1. The van der Waals surface area contributed by atoms with Gasteiger partial charge in [0.15, 0.2) is 6.23 Å². The molecule has 1 N–H and O–H groups in total. The summed E-state index contributed by atoms with van der Waals surface area (Å²) in [4.78, 5) is 0. The Morgan fingerprint density at radius 1 is 1.10 bits per heavy atom. The molecule has 1 aromatic carbocycles. The SMILES string of the molecule is Cc1ccc2c(=S)n([C@@H]3O[C@H](COC(C)(C)C)C(OC(C)(C)C)C3O)ccc2c1. The Hall–Kier alpha value is -1.31. The quantitative estimate of drug-likeness (QED) is 0.712. The Bertz CT molecular complexity index is 925. The maximum absolute atomic E-state index is 11.1. The van der Waals surface area contributed by atoms with Gasteiger partial charge in [0.2, 0.25) is 0 Å². The second kappa shape index (κ2) is 8.08. The van der Waals surface area contributed by atoms with E-state index in [4.69, 9.17) is 26.4 Å². The first-order valence-corrected chi connectivity index (χ1v) is 10.5. The van der Waals surface area contributed by atoms with Crippen LogP contribution in [0.3, 0.4) is 0 Å². The van der Waals surface area contributed by atoms with Crippen LogP contribution < -0.4 is 0 Å². The number of aliphatic hydroxyl groups is 1. The van der Waals surface area contributed by atoms with Gasteiger partial charge in [0, 0.05) is 11.6 Å². The highest BCUT2D eigenvalue weighted by Crippen LogP contribution is 2.35. The minimum absolute atomic E-state index is 0.310. The summed E-state index contributed by atoms with van der Waals surface area (Å²) >= 11 is 5.74. The van der Waals surface area contributed by atoms with Gasteiger partial charge in [-0.25, -0.2) is 0 Å². The van der Waals surface area contributed by atoms with Crippen molar-refractivity contribution in [1.29, 1.82) is 0 Å². The van der Waals surface area contributed by atoms with Crippen LogP contribution in [0, 0.1) is 11.6 Å². The number of rotatable bonds is 4. The van der Waals surface area contributed by atoms with Gasteiger partial charge >= 0.3 is 0 Å². The van der Waals surface area contributed by atoms with Crippen LogP contribution in [0.1, 0.15) is 53.3 Å². The molecule has 2 heterocycles. The highest BCUT2D eigenvalue weighted by Gasteiger charge is 2.47. The number of hydrogen-bond acceptors (Lipinski definition) is 5. The van der Waals surface area contributed by atoms with Crippen LogP contribution in [0.15, 0.2) is 30.5 Å². The van der Waals surface area contributed by atoms with Gasteiger partial charge in [-0.15, -0.1) is 0 Å². The molecule has 6 heteroatoms. The van der Waals surface area contributed by atoms with E-state index in [9.17, 15) is 5.11 Å². The van der Waals surface area contributed by atoms with E-state index in [2.05, 4.69) is 13.0 Å². The predicted molar refractivity (Wildman–Crippen MR) is 118 cm³/mol. The van der Waals surface area contributed by atoms with Gasteiger partial charge in [0.25, 0.3) is 0 Å². The molecule has 0 spiro atoms. The Labute approximate surface area is 178 Å². The van der Waals surface area contributed by atoms with E-state index in [1.165, 1.54) is 5.56 Å². The summed E-state index contributed by atoms with van der Waals surface area (Å²) in [7, 11) is 0. The fourth-order valence-electron chi connectivity index (χ4n) is 3.55. The molecule has 2 unspecified atom stereocenters. The van der Waals surface area contributed by atoms with Crippen LogP contribution in [-0.2, 0) is 14.2 Å². The summed E-state index contributed by atoms with van der Waals surface area (Å²) in [5.74, 6) is 0. The van der Waals surface area contributed by atoms with Crippen molar-refractivity contribution in [3.05, 3.63) is 40.7 Å². The zero-order chi connectivity index (χ0) is 21.6. The zero-order valence-electron chi connectivity index (χ0n) is 18.4. The fraction of sp³-hybridized carbons (Fsp3) is 0.609. The Kier molecular flexibility index (Phi) is 6.23. The van der Waals surface area contributed by atoms with Gasteiger partial charge in [0.1, 0.15) is 23.0 Å². The van der Waals surface area contributed by atoms with Crippen molar-refractivity contribution in [2.24, 2.45) is 0 Å². The molecule has 29 heavy (non-hydrogen) atoms. The van der Waals surface area contributed by atoms with E-state index in [-0.39, 0.29) is 5.60 Å². The fourth-order valence-corrected chi connectivity index (χ4v) is 3.90. The van der Waals surface area contributed by atoms with Gasteiger partial charge in [-0.05, 0) is 59.9 Å². The van der Waals surface area contributed by atoms with Gasteiger partial charge in [0.05, 0.1) is 17.8 Å². The van der Waals surface area contributed by atoms with Crippen molar-refractivity contribution in [3.63, 3.8) is 0 Å². The van der Waals surface area contributed by atoms with E-state index in [0.29, 0.717) is 11.2 Å². The van der Waals surface area contributed by atoms with E-state index in [1.54, 1.807) is 0 Å². The molecule has 0 aliphatic carbocycles. The lowest BCUT2D eigenvalue weighted by molar-refractivity contribution is -0.138. The van der Waals surface area contributed by atoms with Crippen molar-refractivity contribution in [2.45, 2.75) is 84.2 Å². The number of ether oxygens (including phenoxy) is 3. The maximum atomic E-state index is 11.1. The van der Waals surface area contributed by atoms with Gasteiger partial charge in [-0.3, -0.25) is 0 Å². The van der Waals surface area contributed by atoms with Crippen molar-refractivity contribution < 1.29 is 19.3 Å². The Balaban J connectivity index is 1.95. The van der Waals surface area contributed by atoms with Crippen molar-refractivity contribution >= 4 is 23.0 Å². The highest BCUT2D eigenvalue weighted by molar-refractivity contribution is 7.71. The summed E-state index contributed by atoms with van der Waals surface area (Å²) in [6.07, 6.45) is -0.521. The summed E-state index contributed by atoms with van der Waals surface area (Å²) in [5, 5.41) is 13.2. The van der Waals surface area contributed by atoms with Crippen LogP contribution >= 0.6 is 12.2 Å². The third-order valence-electron chi connectivity index (χ3n) is 4.84. The standard InChI is InChI=1S/C23H33NO4S/c1-14-8-9-16-15(12-14)10-11-24(21(16)29)20-18(25)19(28-23(5,6)7)17(27-20)13-26-22(2,3)4/h8-12,17-20,25H,13H2,1-7H3/t17-,18?,19?,20-/m1/s1. The van der Waals surface area contributed by atoms with E-state index in [1.807, 2.05) is 70.5 Å². The van der Waals surface area contributed by atoms with Gasteiger partial charge in [-0.1, -0.05) is 36.0 Å². The van der Waals surface area contributed by atoms with Crippen LogP contribution in [0.2, 0.25) is 0 Å². The molecule has 1 aromatic heterocycles. The number of fused-ring (bicyclic) bond motifs is 1. The Morgan fingerprint density at radius 3 is 2.41 bits per heavy atom. The topological polar surface area (TPSA) is 52.9 Å². The number of benzene rings is 1. The number of pyridine rings is 1. The Morgan fingerprint density at radius 2 is 1.79 bits per heavy atom. The highest BCUT2D eigenvalue weighted by atomic mass is 32.1. The van der Waals surface area contributed by atoms with Crippen LogP contribution in [0.5, 0.6) is 0 Å². The molecule has 4 atom stereocenters. The van der Waals surface area contributed by atoms with Gasteiger partial charge in [-0.2, -0.15) is 0 Å². The predicted octanol–water partition coefficient (Wildman–Crippen LogP) is 4.94. The molecule has 1 fully saturated rings. The second-order valence-electron chi connectivity index (χ2n) is 9.79. The summed E-state index contributed by atoms with van der Waals surface area (Å²) in [6.45, 7) is 14.3. The minimum Gasteiger partial charge on any atom is -0.386 e. The normalized spacial score (nSPS) is 25.7. The monoisotopic (exact) mass is 419 g/mol. The lowest BCUT2D eigenvalue weighted by atomic mass is 10.1. The summed E-state index contributed by atoms with van der Waals surface area (Å²) in [6, 6.07) is 8.17. The average molecular weight is 420 g/mol. The molecule has 160 valence electrons. The smallest absolute Gasteiger partial charge is 0.163 e. The lowest BCUT2D eigenvalue weighted by Crippen LogP contribution is -2.42. The molecular formula is C23H33NO4S. The molecule has 0 radical (unpaired) electrons. The molecule has 0 amide bonds. The molecule has 1 saturated heterocycles. The van der Waals surface area contributed by atoms with Crippen LogP contribution in [0.25, 0.3) is 10.8 Å². The molecule has 0 bridgehead atoms. The first kappa shape index (κ1) is 22.4. The molecule has 2 aromatic rings. The van der Waals surface area contributed by atoms with Gasteiger partial charge < -0.3 is 23.9 Å². The van der Waals surface area contributed by atoms with E-state index < -0.39 is 30.1 Å². The first-order valence-electron chi connectivity index (χ1n) is 10.1. The number of hydrogen-bond donors (Lipinski definition) is 1. The first-order chi connectivity index (χ1) is 13.4. The van der Waals surface area contributed by atoms with E-state index >= 15 is 0 Å². The van der Waals surface area contributed by atoms with Crippen molar-refractivity contribution in [1.82, 2.24) is 4.57 Å². The number of aromatic nitrogens is 1. The molecule has 0 saturated carbocycles. The average Bonchev–Trinajstić information content (AvgIpc) is 2.87. The summed E-state index contributed by atoms with van der Waals surface area (Å²) < 4.78 is 20.9. The molecule has 1 aliphatic heterocycles. The minimum atomic E-state index is -0.864. The van der Waals surface area contributed by atoms with Crippen molar-refractivity contribution in [2.75, 3.05) is 6.61 Å². The largest absolute Gasteiger partial charge is 0.386 e. The maximum Gasteiger partial charge on any atom is 0.163 e. The van der Waals surface area contributed by atoms with Crippen LogP contribution in [0.4, 0.5) is 0 Å². The van der Waals surface area contributed by atoms with Crippen molar-refractivity contribution in [3.8, 4) is 0 Å². The molecule has 5 nitrogen and oxygen atoms in total. The lowest BCUT2D eigenvalue weighted by Gasteiger charge is -2.30. The third kappa shape index (κ3) is 5.25. The van der Waals surface area contributed by atoms with E-state index in [0.717, 1.165) is 10.8 Å². The third-order valence-corrected chi connectivity index (χ3v) is 5.27. The molecular weight excluding hydrogens is 386 g/mol. The molecule has 1 aliphatic rings. The second-order valence-corrected chi connectivity index (χ2v) is 10.2. The molecule has 3 rings (SSSR count).